The normalized spacial score (nSPS) is 13.6. The molecule has 1 aliphatic rings. The molecule has 0 fully saturated rings. The maximum atomic E-state index is 6.09. The van der Waals surface area contributed by atoms with Crippen LogP contribution in [0.1, 0.15) is 25.0 Å². The third-order valence-electron chi connectivity index (χ3n) is 4.11. The van der Waals surface area contributed by atoms with Crippen LogP contribution in [0.3, 0.4) is 0 Å². The summed E-state index contributed by atoms with van der Waals surface area (Å²) in [7, 11) is 0. The molecular weight excluding hydrogens is 410 g/mol. The van der Waals surface area contributed by atoms with E-state index in [0.717, 1.165) is 24.4 Å². The number of fused-ring (bicyclic) bond motifs is 1. The van der Waals surface area contributed by atoms with Gasteiger partial charge in [-0.25, -0.2) is 0 Å². The number of nitrogens with zero attached hydrogens (tertiary/aromatic N) is 2. The van der Waals surface area contributed by atoms with Crippen molar-refractivity contribution in [1.29, 1.82) is 0 Å². The predicted octanol–water partition coefficient (Wildman–Crippen LogP) is 6.57. The molecule has 0 aromatic heterocycles. The molecule has 2 aromatic rings. The van der Waals surface area contributed by atoms with Gasteiger partial charge in [0, 0.05) is 23.8 Å². The first kappa shape index (κ1) is 22.9. The van der Waals surface area contributed by atoms with Crippen molar-refractivity contribution in [1.82, 2.24) is 0 Å². The van der Waals surface area contributed by atoms with Crippen LogP contribution in [0.4, 0.5) is 5.69 Å². The molecule has 2 aromatic carbocycles. The zero-order valence-electron chi connectivity index (χ0n) is 14.7. The summed E-state index contributed by atoms with van der Waals surface area (Å²) in [6, 6.07) is 14.5. The largest absolute Gasteiger partial charge is 0.367 e. The van der Waals surface area contributed by atoms with E-state index in [9.17, 15) is 0 Å². The molecule has 1 aliphatic heterocycles. The van der Waals surface area contributed by atoms with Gasteiger partial charge in [-0.3, -0.25) is 4.99 Å². The number of benzene rings is 2. The Labute approximate surface area is 177 Å². The van der Waals surface area contributed by atoms with E-state index >= 15 is 0 Å². The molecule has 0 N–H and O–H groups in total. The van der Waals surface area contributed by atoms with Crippen molar-refractivity contribution in [2.75, 3.05) is 18.0 Å². The van der Waals surface area contributed by atoms with E-state index in [1.165, 1.54) is 11.3 Å². The molecule has 6 heteroatoms. The van der Waals surface area contributed by atoms with Crippen LogP contribution >= 0.6 is 48.0 Å². The van der Waals surface area contributed by atoms with E-state index in [0.29, 0.717) is 16.1 Å². The molecule has 0 saturated carbocycles. The van der Waals surface area contributed by atoms with Crippen molar-refractivity contribution < 1.29 is 0 Å². The summed E-state index contributed by atoms with van der Waals surface area (Å²) in [5.41, 5.74) is 4.41. The van der Waals surface area contributed by atoms with E-state index in [1.807, 2.05) is 24.3 Å². The molecule has 0 atom stereocenters. The highest BCUT2D eigenvalue weighted by atomic mass is 35.5. The van der Waals surface area contributed by atoms with E-state index < -0.39 is 0 Å². The minimum absolute atomic E-state index is 0. The molecule has 26 heavy (non-hydrogen) atoms. The van der Waals surface area contributed by atoms with Gasteiger partial charge in [0.15, 0.2) is 0 Å². The van der Waals surface area contributed by atoms with Gasteiger partial charge in [-0.2, -0.15) is 0 Å². The van der Waals surface area contributed by atoms with E-state index in [-0.39, 0.29) is 24.8 Å². The lowest BCUT2D eigenvalue weighted by Gasteiger charge is -2.28. The molecule has 2 nitrogen and oxygen atoms in total. The summed E-state index contributed by atoms with van der Waals surface area (Å²) >= 11 is 12.1. The number of aliphatic imine (C=N–C) groups is 1. The average molecular weight is 432 g/mol. The fourth-order valence-electron chi connectivity index (χ4n) is 2.89. The number of halogens is 4. The van der Waals surface area contributed by atoms with E-state index in [1.54, 1.807) is 0 Å². The van der Waals surface area contributed by atoms with Crippen molar-refractivity contribution in [3.05, 3.63) is 69.7 Å². The maximum Gasteiger partial charge on any atom is 0.0668 e. The van der Waals surface area contributed by atoms with Crippen LogP contribution in [0.25, 0.3) is 6.08 Å². The lowest BCUT2D eigenvalue weighted by molar-refractivity contribution is 0.688. The topological polar surface area (TPSA) is 15.6 Å². The third-order valence-corrected chi connectivity index (χ3v) is 4.85. The second-order valence-corrected chi connectivity index (χ2v) is 6.89. The SMILES string of the molecule is CC(C)N1CCN=C(C=Cc2ccc(Cl)c(Cl)c2)c2ccccc21.Cl.Cl. The van der Waals surface area contributed by atoms with E-state index in [2.05, 4.69) is 49.1 Å². The van der Waals surface area contributed by atoms with Gasteiger partial charge in [-0.05, 0) is 43.7 Å². The Hall–Kier alpha value is -1.19. The number of allylic oxidation sites excluding steroid dienone is 1. The summed E-state index contributed by atoms with van der Waals surface area (Å²) in [5, 5.41) is 1.13. The Morgan fingerprint density at radius 3 is 2.42 bits per heavy atom. The Kier molecular flexibility index (Phi) is 8.99. The van der Waals surface area contributed by atoms with Crippen molar-refractivity contribution in [2.24, 2.45) is 4.99 Å². The molecule has 140 valence electrons. The van der Waals surface area contributed by atoms with Gasteiger partial charge in [-0.1, -0.05) is 53.5 Å². The zero-order chi connectivity index (χ0) is 17.1. The maximum absolute atomic E-state index is 6.09. The molecule has 0 unspecified atom stereocenters. The van der Waals surface area contributed by atoms with Crippen LogP contribution in [0.5, 0.6) is 0 Å². The van der Waals surface area contributed by atoms with Crippen LogP contribution in [0.15, 0.2) is 53.5 Å². The Balaban J connectivity index is 0.00000169. The molecular formula is C20H22Cl4N2. The van der Waals surface area contributed by atoms with Gasteiger partial charge >= 0.3 is 0 Å². The smallest absolute Gasteiger partial charge is 0.0668 e. The molecule has 0 bridgehead atoms. The highest BCUT2D eigenvalue weighted by Gasteiger charge is 2.18. The summed E-state index contributed by atoms with van der Waals surface area (Å²) in [4.78, 5) is 7.18. The summed E-state index contributed by atoms with van der Waals surface area (Å²) < 4.78 is 0. The first-order valence-electron chi connectivity index (χ1n) is 8.10. The lowest BCUT2D eigenvalue weighted by atomic mass is 10.0. The van der Waals surface area contributed by atoms with Gasteiger partial charge < -0.3 is 4.90 Å². The number of hydrogen-bond donors (Lipinski definition) is 0. The highest BCUT2D eigenvalue weighted by molar-refractivity contribution is 6.42. The first-order chi connectivity index (χ1) is 11.6. The monoisotopic (exact) mass is 430 g/mol. The molecule has 0 aliphatic carbocycles. The van der Waals surface area contributed by atoms with Gasteiger partial charge in [0.2, 0.25) is 0 Å². The fourth-order valence-corrected chi connectivity index (χ4v) is 3.20. The van der Waals surface area contributed by atoms with Crippen LogP contribution in [-0.2, 0) is 0 Å². The van der Waals surface area contributed by atoms with Crippen LogP contribution in [0, 0.1) is 0 Å². The van der Waals surface area contributed by atoms with Gasteiger partial charge in [0.05, 0.1) is 22.3 Å². The van der Waals surface area contributed by atoms with Crippen molar-refractivity contribution in [2.45, 2.75) is 19.9 Å². The van der Waals surface area contributed by atoms with Crippen LogP contribution in [0.2, 0.25) is 10.0 Å². The summed E-state index contributed by atoms with van der Waals surface area (Å²) in [6.07, 6.45) is 4.09. The van der Waals surface area contributed by atoms with Gasteiger partial charge in [-0.15, -0.1) is 24.8 Å². The first-order valence-corrected chi connectivity index (χ1v) is 8.85. The van der Waals surface area contributed by atoms with Crippen LogP contribution in [-0.4, -0.2) is 24.8 Å². The van der Waals surface area contributed by atoms with Crippen molar-refractivity contribution >= 4 is 65.5 Å². The Bertz CT molecular complexity index is 800. The minimum atomic E-state index is 0. The summed E-state index contributed by atoms with van der Waals surface area (Å²) in [5.74, 6) is 0. The third kappa shape index (κ3) is 5.17. The number of hydrogen-bond acceptors (Lipinski definition) is 2. The summed E-state index contributed by atoms with van der Waals surface area (Å²) in [6.45, 7) is 6.15. The lowest BCUT2D eigenvalue weighted by Crippen LogP contribution is -2.32. The molecule has 0 radical (unpaired) electrons. The second-order valence-electron chi connectivity index (χ2n) is 6.08. The van der Waals surface area contributed by atoms with E-state index in [4.69, 9.17) is 28.2 Å². The Morgan fingerprint density at radius 1 is 1.00 bits per heavy atom. The van der Waals surface area contributed by atoms with Gasteiger partial charge in [0.25, 0.3) is 0 Å². The van der Waals surface area contributed by atoms with Crippen molar-refractivity contribution in [3.8, 4) is 0 Å². The van der Waals surface area contributed by atoms with Crippen molar-refractivity contribution in [3.63, 3.8) is 0 Å². The average Bonchev–Trinajstić information content (AvgIpc) is 2.75. The number of benzodiazepines with no additional fused rings is 1. The molecule has 0 amide bonds. The predicted molar refractivity (Wildman–Crippen MR) is 120 cm³/mol. The van der Waals surface area contributed by atoms with Gasteiger partial charge in [0.1, 0.15) is 0 Å². The zero-order valence-corrected chi connectivity index (χ0v) is 17.8. The number of rotatable bonds is 3. The quantitative estimate of drug-likeness (QED) is 0.536. The Morgan fingerprint density at radius 2 is 1.73 bits per heavy atom. The highest BCUT2D eigenvalue weighted by Crippen LogP contribution is 2.27. The number of para-hydroxylation sites is 1. The van der Waals surface area contributed by atoms with Crippen LogP contribution < -0.4 is 4.90 Å². The molecule has 3 rings (SSSR count). The number of anilines is 1. The second kappa shape index (κ2) is 10.2. The molecule has 0 spiro atoms. The standard InChI is InChI=1S/C20H20Cl2N2.2ClH/c1-14(2)24-12-11-23-19(16-5-3-4-6-20(16)24)10-8-15-7-9-17(21)18(22)13-15;;/h3-10,13-14H,11-12H2,1-2H3;2*1H. The molecule has 0 saturated heterocycles. The minimum Gasteiger partial charge on any atom is -0.367 e. The fraction of sp³-hybridized carbons (Fsp3) is 0.250. The molecule has 1 heterocycles.